The lowest BCUT2D eigenvalue weighted by Gasteiger charge is -2.15. The molecule has 0 aromatic heterocycles. The number of fused-ring (bicyclic) bond motifs is 1. The molecule has 20 heavy (non-hydrogen) atoms. The van der Waals surface area contributed by atoms with Gasteiger partial charge in [-0.25, -0.2) is 8.42 Å². The van der Waals surface area contributed by atoms with Crippen LogP contribution in [0, 0.1) is 0 Å². The van der Waals surface area contributed by atoms with Gasteiger partial charge in [0.1, 0.15) is 0 Å². The first-order valence-electron chi connectivity index (χ1n) is 6.28. The third-order valence-electron chi connectivity index (χ3n) is 3.48. The highest BCUT2D eigenvalue weighted by Gasteiger charge is 2.39. The van der Waals surface area contributed by atoms with E-state index in [-0.39, 0.29) is 10.5 Å². The van der Waals surface area contributed by atoms with Gasteiger partial charge in [-0.05, 0) is 36.5 Å². The standard InChI is InChI=1S/C13H15F3O3S/c1-2-8-3-6-11(12-9(8)4-5-10(12)17)20(18,19)7-13(14,15)16/h3,6,10,17H,2,4-5,7H2,1H3. The molecule has 1 aromatic rings. The molecule has 1 N–H and O–H groups in total. The number of benzene rings is 1. The molecule has 0 saturated carbocycles. The van der Waals surface area contributed by atoms with Gasteiger partial charge in [-0.15, -0.1) is 0 Å². The van der Waals surface area contributed by atoms with Crippen LogP contribution >= 0.6 is 0 Å². The minimum absolute atomic E-state index is 0.161. The SMILES string of the molecule is CCc1ccc(S(=O)(=O)CC(F)(F)F)c2c1CCC2O. The molecular formula is C13H15F3O3S. The number of alkyl halides is 3. The Balaban J connectivity index is 2.57. The Morgan fingerprint density at radius 2 is 2.00 bits per heavy atom. The number of aliphatic hydroxyl groups excluding tert-OH is 1. The highest BCUT2D eigenvalue weighted by molar-refractivity contribution is 7.91. The molecule has 1 atom stereocenters. The molecule has 0 amide bonds. The van der Waals surface area contributed by atoms with Gasteiger partial charge >= 0.3 is 6.18 Å². The van der Waals surface area contributed by atoms with Crippen molar-refractivity contribution >= 4 is 9.84 Å². The van der Waals surface area contributed by atoms with Crippen LogP contribution in [0.3, 0.4) is 0 Å². The summed E-state index contributed by atoms with van der Waals surface area (Å²) in [6, 6.07) is 2.73. The molecular weight excluding hydrogens is 293 g/mol. The van der Waals surface area contributed by atoms with Crippen LogP contribution in [0.15, 0.2) is 17.0 Å². The largest absolute Gasteiger partial charge is 0.403 e. The van der Waals surface area contributed by atoms with E-state index in [9.17, 15) is 26.7 Å². The van der Waals surface area contributed by atoms with Gasteiger partial charge < -0.3 is 5.11 Å². The molecule has 0 aliphatic heterocycles. The summed E-state index contributed by atoms with van der Waals surface area (Å²) in [4.78, 5) is -0.382. The van der Waals surface area contributed by atoms with E-state index in [2.05, 4.69) is 0 Å². The fourth-order valence-corrected chi connectivity index (χ4v) is 4.13. The molecule has 1 unspecified atom stereocenters. The summed E-state index contributed by atoms with van der Waals surface area (Å²) >= 11 is 0. The first kappa shape index (κ1) is 15.3. The molecule has 0 spiro atoms. The van der Waals surface area contributed by atoms with Crippen LogP contribution in [0.4, 0.5) is 13.2 Å². The molecule has 7 heteroatoms. The van der Waals surface area contributed by atoms with Crippen molar-refractivity contribution in [2.24, 2.45) is 0 Å². The van der Waals surface area contributed by atoms with Crippen molar-refractivity contribution in [1.82, 2.24) is 0 Å². The number of hydrogen-bond acceptors (Lipinski definition) is 3. The molecule has 112 valence electrons. The fourth-order valence-electron chi connectivity index (χ4n) is 2.67. The third kappa shape index (κ3) is 2.83. The molecule has 3 nitrogen and oxygen atoms in total. The lowest BCUT2D eigenvalue weighted by atomic mass is 10.0. The van der Waals surface area contributed by atoms with Crippen molar-refractivity contribution in [2.75, 3.05) is 5.75 Å². The monoisotopic (exact) mass is 308 g/mol. The summed E-state index contributed by atoms with van der Waals surface area (Å²) in [6.45, 7) is 1.88. The number of aryl methyl sites for hydroxylation is 1. The molecule has 1 aromatic carbocycles. The minimum atomic E-state index is -4.79. The van der Waals surface area contributed by atoms with Gasteiger partial charge in [-0.2, -0.15) is 13.2 Å². The van der Waals surface area contributed by atoms with Crippen LogP contribution in [0.1, 0.15) is 36.1 Å². The normalized spacial score (nSPS) is 19.1. The molecule has 0 heterocycles. The topological polar surface area (TPSA) is 54.4 Å². The summed E-state index contributed by atoms with van der Waals surface area (Å²) < 4.78 is 61.0. The lowest BCUT2D eigenvalue weighted by molar-refractivity contribution is -0.106. The lowest BCUT2D eigenvalue weighted by Crippen LogP contribution is -2.24. The zero-order chi connectivity index (χ0) is 15.1. The van der Waals surface area contributed by atoms with Crippen molar-refractivity contribution in [3.63, 3.8) is 0 Å². The van der Waals surface area contributed by atoms with Gasteiger partial charge in [0.25, 0.3) is 0 Å². The van der Waals surface area contributed by atoms with Crippen molar-refractivity contribution < 1.29 is 26.7 Å². The Hall–Kier alpha value is -1.08. The Kier molecular flexibility index (Phi) is 3.85. The summed E-state index contributed by atoms with van der Waals surface area (Å²) in [5.41, 5.74) is 1.72. The van der Waals surface area contributed by atoms with Gasteiger partial charge in [0.15, 0.2) is 15.6 Å². The van der Waals surface area contributed by atoms with Crippen molar-refractivity contribution in [2.45, 2.75) is 43.4 Å². The molecule has 2 rings (SSSR count). The molecule has 0 fully saturated rings. The second kappa shape index (κ2) is 5.04. The maximum absolute atomic E-state index is 12.4. The number of hydrogen-bond donors (Lipinski definition) is 1. The highest BCUT2D eigenvalue weighted by atomic mass is 32.2. The number of rotatable bonds is 3. The second-order valence-electron chi connectivity index (χ2n) is 4.90. The molecule has 0 saturated heterocycles. The highest BCUT2D eigenvalue weighted by Crippen LogP contribution is 2.39. The van der Waals surface area contributed by atoms with Gasteiger partial charge in [-0.3, -0.25) is 0 Å². The Bertz CT molecular complexity index is 620. The van der Waals surface area contributed by atoms with Gasteiger partial charge in [-0.1, -0.05) is 13.0 Å². The average Bonchev–Trinajstić information content (AvgIpc) is 2.68. The maximum Gasteiger partial charge on any atom is 0.403 e. The Morgan fingerprint density at radius 1 is 1.35 bits per heavy atom. The number of aliphatic hydroxyl groups is 1. The van der Waals surface area contributed by atoms with Crippen LogP contribution in [0.25, 0.3) is 0 Å². The first-order valence-corrected chi connectivity index (χ1v) is 7.93. The molecule has 1 aliphatic rings. The zero-order valence-corrected chi connectivity index (χ0v) is 11.7. The maximum atomic E-state index is 12.4. The van der Waals surface area contributed by atoms with Crippen LogP contribution in [-0.2, 0) is 22.7 Å². The van der Waals surface area contributed by atoms with Crippen molar-refractivity contribution in [3.8, 4) is 0 Å². The first-order chi connectivity index (χ1) is 9.15. The fraction of sp³-hybridized carbons (Fsp3) is 0.538. The summed E-state index contributed by atoms with van der Waals surface area (Å²) in [7, 11) is -4.49. The smallest absolute Gasteiger partial charge is 0.388 e. The predicted octanol–water partition coefficient (Wildman–Crippen LogP) is 2.56. The minimum Gasteiger partial charge on any atom is -0.388 e. The Labute approximate surface area is 115 Å². The van der Waals surface area contributed by atoms with E-state index in [1.807, 2.05) is 6.92 Å². The van der Waals surface area contributed by atoms with Crippen molar-refractivity contribution in [3.05, 3.63) is 28.8 Å². The van der Waals surface area contributed by atoms with Gasteiger partial charge in [0.05, 0.1) is 11.0 Å². The van der Waals surface area contributed by atoms with E-state index in [0.29, 0.717) is 24.8 Å². The molecule has 0 radical (unpaired) electrons. The van der Waals surface area contributed by atoms with Crippen LogP contribution < -0.4 is 0 Å². The number of sulfone groups is 1. The van der Waals surface area contributed by atoms with E-state index < -0.39 is 27.9 Å². The van der Waals surface area contributed by atoms with E-state index >= 15 is 0 Å². The van der Waals surface area contributed by atoms with E-state index in [1.54, 1.807) is 6.07 Å². The Morgan fingerprint density at radius 3 is 2.55 bits per heavy atom. The van der Waals surface area contributed by atoms with E-state index in [0.717, 1.165) is 5.56 Å². The molecule has 1 aliphatic carbocycles. The predicted molar refractivity (Wildman–Crippen MR) is 67.2 cm³/mol. The average molecular weight is 308 g/mol. The third-order valence-corrected chi connectivity index (χ3v) is 5.22. The van der Waals surface area contributed by atoms with E-state index in [4.69, 9.17) is 0 Å². The van der Waals surface area contributed by atoms with Crippen LogP contribution in [0.2, 0.25) is 0 Å². The summed E-state index contributed by atoms with van der Waals surface area (Å²) in [5, 5.41) is 9.90. The number of halogens is 3. The zero-order valence-electron chi connectivity index (χ0n) is 10.9. The second-order valence-corrected chi connectivity index (χ2v) is 6.86. The van der Waals surface area contributed by atoms with E-state index in [1.165, 1.54) is 6.07 Å². The van der Waals surface area contributed by atoms with Crippen LogP contribution in [-0.4, -0.2) is 25.5 Å². The summed E-state index contributed by atoms with van der Waals surface area (Å²) in [5.74, 6) is -1.90. The van der Waals surface area contributed by atoms with Gasteiger partial charge in [0.2, 0.25) is 0 Å². The quantitative estimate of drug-likeness (QED) is 0.933. The van der Waals surface area contributed by atoms with Crippen LogP contribution in [0.5, 0.6) is 0 Å². The summed E-state index contributed by atoms with van der Waals surface area (Å²) in [6.07, 6.45) is -4.31. The van der Waals surface area contributed by atoms with Gasteiger partial charge in [0, 0.05) is 5.56 Å². The van der Waals surface area contributed by atoms with Crippen molar-refractivity contribution in [1.29, 1.82) is 0 Å². The molecule has 0 bridgehead atoms.